The van der Waals surface area contributed by atoms with Crippen LogP contribution < -0.4 is 0 Å². The van der Waals surface area contributed by atoms with E-state index >= 15 is 0 Å². The average molecular weight is 319 g/mol. The number of hydrogen-bond donors (Lipinski definition) is 0. The largest absolute Gasteiger partial charge is 0.325 e. The average Bonchev–Trinajstić information content (AvgIpc) is 3.16. The normalized spacial score (nSPS) is 22.6. The second-order valence-electron chi connectivity index (χ2n) is 7.17. The maximum Gasteiger partial charge on any atom is 0.319 e. The summed E-state index contributed by atoms with van der Waals surface area (Å²) in [4.78, 5) is 21.2. The van der Waals surface area contributed by atoms with Crippen molar-refractivity contribution in [1.82, 2.24) is 24.6 Å². The zero-order chi connectivity index (χ0) is 16.4. The molecule has 23 heavy (non-hydrogen) atoms. The minimum Gasteiger partial charge on any atom is -0.325 e. The molecule has 2 aliphatic rings. The Balaban J connectivity index is 1.59. The number of carbonyl (C=O) groups excluding carboxylic acids is 1. The van der Waals surface area contributed by atoms with Gasteiger partial charge in [-0.2, -0.15) is 5.10 Å². The van der Waals surface area contributed by atoms with Gasteiger partial charge in [0.1, 0.15) is 11.6 Å². The minimum absolute atomic E-state index is 0.216. The molecule has 0 unspecified atom stereocenters. The molecule has 2 heterocycles. The van der Waals surface area contributed by atoms with E-state index in [1.807, 2.05) is 35.4 Å². The number of rotatable bonds is 3. The summed E-state index contributed by atoms with van der Waals surface area (Å²) in [6, 6.07) is 0.663. The van der Waals surface area contributed by atoms with Crippen molar-refractivity contribution in [2.75, 3.05) is 20.1 Å². The van der Waals surface area contributed by atoms with Gasteiger partial charge in [0.25, 0.3) is 0 Å². The molecule has 1 atom stereocenters. The molecule has 1 aliphatic heterocycles. The standard InChI is InChI=1S/C17H29N5O/c1-13-18-14(2)22(19-13)12-15-7-6-10-21(11-15)17(23)20(3)16-8-4-5-9-16/h15-16H,4-12H2,1-3H3/t15-/m1/s1. The fourth-order valence-corrected chi connectivity index (χ4v) is 4.04. The Morgan fingerprint density at radius 2 is 1.96 bits per heavy atom. The van der Waals surface area contributed by atoms with Crippen LogP contribution >= 0.6 is 0 Å². The number of nitrogens with zero attached hydrogens (tertiary/aromatic N) is 5. The maximum absolute atomic E-state index is 12.8. The summed E-state index contributed by atoms with van der Waals surface area (Å²) in [6.07, 6.45) is 7.09. The Morgan fingerprint density at radius 1 is 1.22 bits per heavy atom. The van der Waals surface area contributed by atoms with Crippen molar-refractivity contribution in [1.29, 1.82) is 0 Å². The van der Waals surface area contributed by atoms with Crippen molar-refractivity contribution in [2.45, 2.75) is 65.0 Å². The van der Waals surface area contributed by atoms with Crippen LogP contribution in [0, 0.1) is 19.8 Å². The van der Waals surface area contributed by atoms with E-state index in [4.69, 9.17) is 0 Å². The topological polar surface area (TPSA) is 54.3 Å². The van der Waals surface area contributed by atoms with Crippen LogP contribution in [0.15, 0.2) is 0 Å². The predicted octanol–water partition coefficient (Wildman–Crippen LogP) is 2.60. The lowest BCUT2D eigenvalue weighted by molar-refractivity contribution is 0.119. The molecule has 0 spiro atoms. The SMILES string of the molecule is Cc1nc(C)n(C[C@@H]2CCCN(C(=O)N(C)C3CCCC3)C2)n1. The molecule has 2 amide bonds. The van der Waals surface area contributed by atoms with Gasteiger partial charge in [-0.25, -0.2) is 14.5 Å². The van der Waals surface area contributed by atoms with Crippen molar-refractivity contribution in [2.24, 2.45) is 5.92 Å². The van der Waals surface area contributed by atoms with Crippen LogP contribution in [-0.2, 0) is 6.54 Å². The minimum atomic E-state index is 0.216. The van der Waals surface area contributed by atoms with Crippen LogP contribution in [0.3, 0.4) is 0 Å². The molecular weight excluding hydrogens is 290 g/mol. The second kappa shape index (κ2) is 6.89. The van der Waals surface area contributed by atoms with E-state index in [0.29, 0.717) is 12.0 Å². The monoisotopic (exact) mass is 319 g/mol. The van der Waals surface area contributed by atoms with Gasteiger partial charge in [-0.3, -0.25) is 0 Å². The Hall–Kier alpha value is -1.59. The lowest BCUT2D eigenvalue weighted by atomic mass is 9.98. The molecule has 6 heteroatoms. The van der Waals surface area contributed by atoms with E-state index in [1.54, 1.807) is 0 Å². The Kier molecular flexibility index (Phi) is 4.87. The number of urea groups is 1. The molecule has 1 aromatic heterocycles. The van der Waals surface area contributed by atoms with E-state index < -0.39 is 0 Å². The molecule has 0 radical (unpaired) electrons. The van der Waals surface area contributed by atoms with Crippen molar-refractivity contribution in [3.05, 3.63) is 11.6 Å². The van der Waals surface area contributed by atoms with Gasteiger partial charge in [-0.15, -0.1) is 0 Å². The van der Waals surface area contributed by atoms with E-state index in [-0.39, 0.29) is 6.03 Å². The lowest BCUT2D eigenvalue weighted by Gasteiger charge is -2.37. The predicted molar refractivity (Wildman–Crippen MR) is 89.2 cm³/mol. The zero-order valence-corrected chi connectivity index (χ0v) is 14.7. The van der Waals surface area contributed by atoms with Crippen LogP contribution in [0.1, 0.15) is 50.2 Å². The van der Waals surface area contributed by atoms with Crippen LogP contribution in [0.2, 0.25) is 0 Å². The summed E-state index contributed by atoms with van der Waals surface area (Å²) in [6.45, 7) is 6.52. The van der Waals surface area contributed by atoms with Crippen molar-refractivity contribution < 1.29 is 4.79 Å². The second-order valence-corrected chi connectivity index (χ2v) is 7.17. The van der Waals surface area contributed by atoms with Crippen LogP contribution in [0.4, 0.5) is 4.79 Å². The molecule has 128 valence electrons. The van der Waals surface area contributed by atoms with E-state index in [1.165, 1.54) is 12.8 Å². The van der Waals surface area contributed by atoms with Gasteiger partial charge >= 0.3 is 6.03 Å². The quantitative estimate of drug-likeness (QED) is 0.860. The van der Waals surface area contributed by atoms with Crippen molar-refractivity contribution in [3.63, 3.8) is 0 Å². The van der Waals surface area contributed by atoms with Gasteiger partial charge in [-0.05, 0) is 45.4 Å². The summed E-state index contributed by atoms with van der Waals surface area (Å²) in [7, 11) is 1.98. The Morgan fingerprint density at radius 3 is 2.61 bits per heavy atom. The summed E-state index contributed by atoms with van der Waals surface area (Å²) in [5.41, 5.74) is 0. The van der Waals surface area contributed by atoms with E-state index in [2.05, 4.69) is 10.1 Å². The Bertz CT molecular complexity index is 549. The number of amides is 2. The highest BCUT2D eigenvalue weighted by atomic mass is 16.2. The van der Waals surface area contributed by atoms with E-state index in [9.17, 15) is 4.79 Å². The molecule has 0 N–H and O–H groups in total. The number of aromatic nitrogens is 3. The summed E-state index contributed by atoms with van der Waals surface area (Å²) >= 11 is 0. The van der Waals surface area contributed by atoms with Crippen molar-refractivity contribution in [3.8, 4) is 0 Å². The van der Waals surface area contributed by atoms with Crippen molar-refractivity contribution >= 4 is 6.03 Å². The Labute approximate surface area is 138 Å². The van der Waals surface area contributed by atoms with Crippen LogP contribution in [-0.4, -0.2) is 56.8 Å². The number of aryl methyl sites for hydroxylation is 2. The zero-order valence-electron chi connectivity index (χ0n) is 14.7. The van der Waals surface area contributed by atoms with Gasteiger partial charge in [0.15, 0.2) is 0 Å². The number of carbonyl (C=O) groups is 1. The summed E-state index contributed by atoms with van der Waals surface area (Å²) in [5, 5.41) is 4.46. The van der Waals surface area contributed by atoms with Gasteiger partial charge in [0.2, 0.25) is 0 Å². The van der Waals surface area contributed by atoms with Crippen LogP contribution in [0.25, 0.3) is 0 Å². The fourth-order valence-electron chi connectivity index (χ4n) is 4.04. The number of hydrogen-bond acceptors (Lipinski definition) is 3. The smallest absolute Gasteiger partial charge is 0.319 e. The first-order valence-corrected chi connectivity index (χ1v) is 8.94. The number of likely N-dealkylation sites (tertiary alicyclic amines) is 1. The van der Waals surface area contributed by atoms with Crippen LogP contribution in [0.5, 0.6) is 0 Å². The van der Waals surface area contributed by atoms with Gasteiger partial charge in [-0.1, -0.05) is 12.8 Å². The molecule has 1 saturated heterocycles. The molecule has 1 aliphatic carbocycles. The summed E-state index contributed by atoms with van der Waals surface area (Å²) < 4.78 is 1.99. The van der Waals surface area contributed by atoms with Gasteiger partial charge in [0, 0.05) is 32.7 Å². The third kappa shape index (κ3) is 3.67. The molecule has 2 fully saturated rings. The molecular formula is C17H29N5O. The lowest BCUT2D eigenvalue weighted by Crippen LogP contribution is -2.49. The molecule has 6 nitrogen and oxygen atoms in total. The third-order valence-electron chi connectivity index (χ3n) is 5.36. The third-order valence-corrected chi connectivity index (χ3v) is 5.36. The highest BCUT2D eigenvalue weighted by molar-refractivity contribution is 5.74. The van der Waals surface area contributed by atoms with E-state index in [0.717, 1.165) is 57.0 Å². The van der Waals surface area contributed by atoms with Gasteiger partial charge in [0.05, 0.1) is 0 Å². The molecule has 0 aromatic carbocycles. The highest BCUT2D eigenvalue weighted by Gasteiger charge is 2.30. The first kappa shape index (κ1) is 16.3. The first-order chi connectivity index (χ1) is 11.0. The number of piperidine rings is 1. The molecule has 1 aromatic rings. The molecule has 3 rings (SSSR count). The highest BCUT2D eigenvalue weighted by Crippen LogP contribution is 2.25. The fraction of sp³-hybridized carbons (Fsp3) is 0.824. The first-order valence-electron chi connectivity index (χ1n) is 8.94. The molecule has 1 saturated carbocycles. The molecule has 0 bridgehead atoms. The van der Waals surface area contributed by atoms with Gasteiger partial charge < -0.3 is 9.80 Å². The maximum atomic E-state index is 12.8. The summed E-state index contributed by atoms with van der Waals surface area (Å²) in [5.74, 6) is 2.27.